The Balaban J connectivity index is 2.93. The van der Waals surface area contributed by atoms with E-state index in [0.29, 0.717) is 10.9 Å². The monoisotopic (exact) mass is 253 g/mol. The average Bonchev–Trinajstić information content (AvgIpc) is 2.14. The van der Waals surface area contributed by atoms with Crippen molar-refractivity contribution in [1.29, 1.82) is 0 Å². The van der Waals surface area contributed by atoms with Gasteiger partial charge in [-0.15, -0.1) is 0 Å². The first-order valence-corrected chi connectivity index (χ1v) is 6.61. The highest BCUT2D eigenvalue weighted by molar-refractivity contribution is 7.99. The Morgan fingerprint density at radius 3 is 2.59 bits per heavy atom. The lowest BCUT2D eigenvalue weighted by Crippen LogP contribution is -2.41. The van der Waals surface area contributed by atoms with Gasteiger partial charge in [0.15, 0.2) is 5.16 Å². The zero-order valence-corrected chi connectivity index (χ0v) is 11.8. The van der Waals surface area contributed by atoms with Crippen LogP contribution in [0.4, 0.5) is 0 Å². The number of carbonyl (C=O) groups excluding carboxylic acids is 1. The van der Waals surface area contributed by atoms with Gasteiger partial charge in [-0.3, -0.25) is 4.79 Å². The number of rotatable bonds is 3. The van der Waals surface area contributed by atoms with Crippen molar-refractivity contribution in [2.24, 2.45) is 0 Å². The fourth-order valence-corrected chi connectivity index (χ4v) is 1.89. The van der Waals surface area contributed by atoms with Crippen LogP contribution >= 0.6 is 11.8 Å². The number of aryl methyl sites for hydroxylation is 1. The Morgan fingerprint density at radius 1 is 1.41 bits per heavy atom. The van der Waals surface area contributed by atoms with E-state index in [2.05, 4.69) is 15.3 Å². The van der Waals surface area contributed by atoms with Crippen LogP contribution in [0, 0.1) is 6.92 Å². The zero-order valence-electron chi connectivity index (χ0n) is 11.0. The molecule has 1 amide bonds. The van der Waals surface area contributed by atoms with Crippen molar-refractivity contribution in [3.05, 3.63) is 17.5 Å². The van der Waals surface area contributed by atoms with Crippen LogP contribution in [0.25, 0.3) is 0 Å². The molecule has 5 heteroatoms. The first-order valence-electron chi connectivity index (χ1n) is 5.63. The van der Waals surface area contributed by atoms with Crippen molar-refractivity contribution in [2.75, 3.05) is 5.75 Å². The minimum absolute atomic E-state index is 0.152. The second-order valence-corrected chi connectivity index (χ2v) is 6.05. The second kappa shape index (κ2) is 5.49. The van der Waals surface area contributed by atoms with Gasteiger partial charge in [0.25, 0.3) is 5.91 Å². The molecule has 0 aliphatic carbocycles. The molecule has 1 heterocycles. The third kappa shape index (κ3) is 4.73. The Bertz CT molecular complexity index is 413. The SMILES string of the molecule is CCSc1nc(C)cc(C(=O)NC(C)(C)C)n1. The van der Waals surface area contributed by atoms with Gasteiger partial charge in [-0.25, -0.2) is 9.97 Å². The van der Waals surface area contributed by atoms with Crippen LogP contribution in [0.3, 0.4) is 0 Å². The number of nitrogens with zero attached hydrogens (tertiary/aromatic N) is 2. The second-order valence-electron chi connectivity index (χ2n) is 4.81. The predicted octanol–water partition coefficient (Wildman–Crippen LogP) is 2.43. The van der Waals surface area contributed by atoms with Crippen LogP contribution < -0.4 is 5.32 Å². The van der Waals surface area contributed by atoms with Gasteiger partial charge in [0.05, 0.1) is 0 Å². The highest BCUT2D eigenvalue weighted by Crippen LogP contribution is 2.14. The first-order chi connectivity index (χ1) is 7.81. The summed E-state index contributed by atoms with van der Waals surface area (Å²) in [6, 6.07) is 1.71. The summed E-state index contributed by atoms with van der Waals surface area (Å²) >= 11 is 1.54. The molecule has 4 nitrogen and oxygen atoms in total. The number of aromatic nitrogens is 2. The fourth-order valence-electron chi connectivity index (χ4n) is 1.26. The number of hydrogen-bond donors (Lipinski definition) is 1. The van der Waals surface area contributed by atoms with E-state index in [1.165, 1.54) is 11.8 Å². The molecule has 0 saturated carbocycles. The van der Waals surface area contributed by atoms with E-state index in [4.69, 9.17) is 0 Å². The highest BCUT2D eigenvalue weighted by atomic mass is 32.2. The molecule has 0 aromatic carbocycles. The third-order valence-electron chi connectivity index (χ3n) is 1.83. The summed E-state index contributed by atoms with van der Waals surface area (Å²) in [5.74, 6) is 0.741. The molecular formula is C12H19N3OS. The molecule has 1 aromatic rings. The Morgan fingerprint density at radius 2 is 2.06 bits per heavy atom. The zero-order chi connectivity index (χ0) is 13.1. The molecular weight excluding hydrogens is 234 g/mol. The molecule has 0 aliphatic heterocycles. The summed E-state index contributed by atoms with van der Waals surface area (Å²) in [4.78, 5) is 20.5. The van der Waals surface area contributed by atoms with Crippen LogP contribution in [-0.2, 0) is 0 Å². The van der Waals surface area contributed by atoms with Crippen LogP contribution in [0.15, 0.2) is 11.2 Å². The maximum atomic E-state index is 12.0. The lowest BCUT2D eigenvalue weighted by Gasteiger charge is -2.20. The first kappa shape index (κ1) is 14.0. The highest BCUT2D eigenvalue weighted by Gasteiger charge is 2.17. The minimum atomic E-state index is -0.256. The number of thioether (sulfide) groups is 1. The van der Waals surface area contributed by atoms with E-state index >= 15 is 0 Å². The molecule has 0 unspecified atom stereocenters. The molecule has 0 spiro atoms. The molecule has 0 saturated heterocycles. The molecule has 0 radical (unpaired) electrons. The summed E-state index contributed by atoms with van der Waals surface area (Å²) < 4.78 is 0. The predicted molar refractivity (Wildman–Crippen MR) is 70.4 cm³/mol. The summed E-state index contributed by atoms with van der Waals surface area (Å²) in [6.45, 7) is 9.74. The summed E-state index contributed by atoms with van der Waals surface area (Å²) in [5, 5.41) is 3.55. The number of nitrogens with one attached hydrogen (secondary N) is 1. The largest absolute Gasteiger partial charge is 0.346 e. The minimum Gasteiger partial charge on any atom is -0.346 e. The molecule has 1 rings (SSSR count). The van der Waals surface area contributed by atoms with Crippen molar-refractivity contribution in [3.8, 4) is 0 Å². The fraction of sp³-hybridized carbons (Fsp3) is 0.583. The molecule has 1 N–H and O–H groups in total. The van der Waals surface area contributed by atoms with Gasteiger partial charge in [-0.2, -0.15) is 0 Å². The summed E-state index contributed by atoms with van der Waals surface area (Å²) in [6.07, 6.45) is 0. The van der Waals surface area contributed by atoms with Gasteiger partial charge in [-0.1, -0.05) is 18.7 Å². The smallest absolute Gasteiger partial charge is 0.270 e. The maximum absolute atomic E-state index is 12.0. The van der Waals surface area contributed by atoms with Crippen LogP contribution in [0.1, 0.15) is 43.9 Å². The van der Waals surface area contributed by atoms with E-state index < -0.39 is 0 Å². The Labute approximate surface area is 107 Å². The van der Waals surface area contributed by atoms with Gasteiger partial charge in [0, 0.05) is 11.2 Å². The van der Waals surface area contributed by atoms with Crippen molar-refractivity contribution in [2.45, 2.75) is 45.3 Å². The van der Waals surface area contributed by atoms with Crippen LogP contribution in [-0.4, -0.2) is 27.2 Å². The Kier molecular flexibility index (Phi) is 4.51. The van der Waals surface area contributed by atoms with E-state index in [-0.39, 0.29) is 11.4 Å². The number of hydrogen-bond acceptors (Lipinski definition) is 4. The summed E-state index contributed by atoms with van der Waals surface area (Å²) in [7, 11) is 0. The molecule has 94 valence electrons. The van der Waals surface area contributed by atoms with E-state index in [0.717, 1.165) is 11.4 Å². The molecule has 17 heavy (non-hydrogen) atoms. The number of carbonyl (C=O) groups is 1. The van der Waals surface area contributed by atoms with E-state index in [9.17, 15) is 4.79 Å². The van der Waals surface area contributed by atoms with Gasteiger partial charge in [0.1, 0.15) is 5.69 Å². The van der Waals surface area contributed by atoms with Crippen LogP contribution in [0.5, 0.6) is 0 Å². The van der Waals surface area contributed by atoms with Crippen molar-refractivity contribution < 1.29 is 4.79 Å². The Hall–Kier alpha value is -1.10. The molecule has 0 fully saturated rings. The standard InChI is InChI=1S/C12H19N3OS/c1-6-17-11-13-8(2)7-9(14-11)10(16)15-12(3,4)5/h7H,6H2,1-5H3,(H,15,16). The molecule has 0 aliphatic rings. The topological polar surface area (TPSA) is 54.9 Å². The average molecular weight is 253 g/mol. The number of amides is 1. The van der Waals surface area contributed by atoms with Crippen molar-refractivity contribution in [1.82, 2.24) is 15.3 Å². The molecule has 0 atom stereocenters. The lowest BCUT2D eigenvalue weighted by atomic mass is 10.1. The molecule has 0 bridgehead atoms. The summed E-state index contributed by atoms with van der Waals surface area (Å²) in [5.41, 5.74) is 0.993. The van der Waals surface area contributed by atoms with Crippen LogP contribution in [0.2, 0.25) is 0 Å². The van der Waals surface area contributed by atoms with Gasteiger partial charge >= 0.3 is 0 Å². The van der Waals surface area contributed by atoms with Gasteiger partial charge in [-0.05, 0) is 39.5 Å². The van der Waals surface area contributed by atoms with Gasteiger partial charge < -0.3 is 5.32 Å². The van der Waals surface area contributed by atoms with Gasteiger partial charge in [0.2, 0.25) is 0 Å². The molecule has 1 aromatic heterocycles. The third-order valence-corrected chi connectivity index (χ3v) is 2.56. The quantitative estimate of drug-likeness (QED) is 0.664. The maximum Gasteiger partial charge on any atom is 0.270 e. The van der Waals surface area contributed by atoms with Crippen molar-refractivity contribution >= 4 is 17.7 Å². The van der Waals surface area contributed by atoms with E-state index in [1.807, 2.05) is 34.6 Å². The van der Waals surface area contributed by atoms with Crippen molar-refractivity contribution in [3.63, 3.8) is 0 Å². The normalized spacial score (nSPS) is 11.4. The van der Waals surface area contributed by atoms with E-state index in [1.54, 1.807) is 6.07 Å². The lowest BCUT2D eigenvalue weighted by molar-refractivity contribution is 0.0913.